The van der Waals surface area contributed by atoms with Crippen LogP contribution in [0.15, 0.2) is 16.5 Å². The molecule has 1 aromatic rings. The van der Waals surface area contributed by atoms with Gasteiger partial charge in [-0.15, -0.1) is 0 Å². The van der Waals surface area contributed by atoms with E-state index in [0.717, 1.165) is 17.9 Å². The Hall–Kier alpha value is -0.800. The molecule has 1 heterocycles. The van der Waals surface area contributed by atoms with Gasteiger partial charge in [-0.1, -0.05) is 6.92 Å². The topological polar surface area (TPSA) is 45.4 Å². The maximum atomic E-state index is 9.03. The summed E-state index contributed by atoms with van der Waals surface area (Å²) >= 11 is 0. The predicted molar refractivity (Wildman–Crippen MR) is 56.2 cm³/mol. The molecule has 0 radical (unpaired) electrons. The molecule has 14 heavy (non-hydrogen) atoms. The van der Waals surface area contributed by atoms with E-state index in [9.17, 15) is 0 Å². The van der Waals surface area contributed by atoms with Crippen molar-refractivity contribution in [2.24, 2.45) is 0 Å². The summed E-state index contributed by atoms with van der Waals surface area (Å²) in [6, 6.07) is 4.22. The second-order valence-electron chi connectivity index (χ2n) is 3.62. The highest BCUT2D eigenvalue weighted by Gasteiger charge is 2.13. The highest BCUT2D eigenvalue weighted by atomic mass is 16.3. The zero-order chi connectivity index (χ0) is 10.6. The Morgan fingerprint density at radius 3 is 2.64 bits per heavy atom. The molecule has 0 spiro atoms. The normalized spacial score (nSPS) is 15.4. The smallest absolute Gasteiger partial charge is 0.120 e. The van der Waals surface area contributed by atoms with E-state index in [1.165, 1.54) is 0 Å². The largest absolute Gasteiger partial charge is 0.465 e. The molecule has 3 heteroatoms. The van der Waals surface area contributed by atoms with E-state index in [0.29, 0.717) is 0 Å². The van der Waals surface area contributed by atoms with Crippen LogP contribution in [0.2, 0.25) is 0 Å². The van der Waals surface area contributed by atoms with Gasteiger partial charge in [0.25, 0.3) is 0 Å². The van der Waals surface area contributed by atoms with Gasteiger partial charge in [-0.25, -0.2) is 0 Å². The zero-order valence-electron chi connectivity index (χ0n) is 9.08. The number of aryl methyl sites for hydroxylation is 1. The molecule has 0 aromatic carbocycles. The van der Waals surface area contributed by atoms with Crippen LogP contribution < -0.4 is 5.32 Å². The third-order valence-electron chi connectivity index (χ3n) is 2.39. The number of rotatable bonds is 5. The lowest BCUT2D eigenvalue weighted by Crippen LogP contribution is -2.33. The molecule has 3 nitrogen and oxygen atoms in total. The first-order chi connectivity index (χ1) is 6.67. The van der Waals surface area contributed by atoms with Gasteiger partial charge in [-0.05, 0) is 32.4 Å². The average molecular weight is 197 g/mol. The Balaban J connectivity index is 2.53. The van der Waals surface area contributed by atoms with Crippen LogP contribution in [0.3, 0.4) is 0 Å². The second-order valence-corrected chi connectivity index (χ2v) is 3.62. The lowest BCUT2D eigenvalue weighted by atomic mass is 10.2. The lowest BCUT2D eigenvalue weighted by molar-refractivity contribution is 0.225. The van der Waals surface area contributed by atoms with E-state index >= 15 is 0 Å². The molecule has 0 amide bonds. The van der Waals surface area contributed by atoms with Gasteiger partial charge in [0.1, 0.15) is 11.5 Å². The van der Waals surface area contributed by atoms with E-state index in [2.05, 4.69) is 5.32 Å². The SMILES string of the molecule is CC[C@@H](CO)NC(C)c1ccc(C)o1. The maximum Gasteiger partial charge on any atom is 0.120 e. The van der Waals surface area contributed by atoms with Crippen LogP contribution in [0.5, 0.6) is 0 Å². The van der Waals surface area contributed by atoms with Gasteiger partial charge >= 0.3 is 0 Å². The monoisotopic (exact) mass is 197 g/mol. The van der Waals surface area contributed by atoms with Crippen molar-refractivity contribution in [3.63, 3.8) is 0 Å². The highest BCUT2D eigenvalue weighted by molar-refractivity contribution is 5.09. The Morgan fingerprint density at radius 1 is 1.50 bits per heavy atom. The first-order valence-corrected chi connectivity index (χ1v) is 5.10. The summed E-state index contributed by atoms with van der Waals surface area (Å²) in [4.78, 5) is 0. The van der Waals surface area contributed by atoms with E-state index < -0.39 is 0 Å². The van der Waals surface area contributed by atoms with Gasteiger partial charge in [0, 0.05) is 6.04 Å². The summed E-state index contributed by atoms with van der Waals surface area (Å²) in [5.74, 6) is 1.85. The molecule has 0 saturated carbocycles. The van der Waals surface area contributed by atoms with Crippen LogP contribution in [0.25, 0.3) is 0 Å². The van der Waals surface area contributed by atoms with Gasteiger partial charge < -0.3 is 14.8 Å². The molecule has 1 rings (SSSR count). The number of furan rings is 1. The summed E-state index contributed by atoms with van der Waals surface area (Å²) in [5.41, 5.74) is 0. The summed E-state index contributed by atoms with van der Waals surface area (Å²) in [6.45, 7) is 6.19. The fourth-order valence-electron chi connectivity index (χ4n) is 1.42. The molecule has 0 aliphatic heterocycles. The first kappa shape index (κ1) is 11.3. The van der Waals surface area contributed by atoms with Crippen molar-refractivity contribution >= 4 is 0 Å². The Morgan fingerprint density at radius 2 is 2.21 bits per heavy atom. The van der Waals surface area contributed by atoms with Crippen LogP contribution >= 0.6 is 0 Å². The van der Waals surface area contributed by atoms with E-state index in [1.54, 1.807) is 0 Å². The Kier molecular flexibility index (Phi) is 4.17. The van der Waals surface area contributed by atoms with Crippen molar-refractivity contribution in [2.45, 2.75) is 39.3 Å². The highest BCUT2D eigenvalue weighted by Crippen LogP contribution is 2.16. The third-order valence-corrected chi connectivity index (χ3v) is 2.39. The number of hydrogen-bond acceptors (Lipinski definition) is 3. The predicted octanol–water partition coefficient (Wildman–Crippen LogP) is 2.01. The van der Waals surface area contributed by atoms with Gasteiger partial charge in [0.2, 0.25) is 0 Å². The molecule has 0 fully saturated rings. The van der Waals surface area contributed by atoms with Crippen molar-refractivity contribution in [1.82, 2.24) is 5.32 Å². The van der Waals surface area contributed by atoms with Gasteiger partial charge in [-0.2, -0.15) is 0 Å². The molecule has 1 unspecified atom stereocenters. The van der Waals surface area contributed by atoms with E-state index in [-0.39, 0.29) is 18.7 Å². The van der Waals surface area contributed by atoms with Gasteiger partial charge in [0.05, 0.1) is 12.6 Å². The van der Waals surface area contributed by atoms with Crippen LogP contribution in [-0.4, -0.2) is 17.8 Å². The van der Waals surface area contributed by atoms with Crippen LogP contribution in [0, 0.1) is 6.92 Å². The fraction of sp³-hybridized carbons (Fsp3) is 0.636. The van der Waals surface area contributed by atoms with E-state index in [4.69, 9.17) is 9.52 Å². The van der Waals surface area contributed by atoms with E-state index in [1.807, 2.05) is 32.9 Å². The minimum atomic E-state index is 0.149. The zero-order valence-corrected chi connectivity index (χ0v) is 9.08. The second kappa shape index (κ2) is 5.17. The summed E-state index contributed by atoms with van der Waals surface area (Å²) < 4.78 is 5.49. The third kappa shape index (κ3) is 2.86. The molecule has 0 saturated heterocycles. The average Bonchev–Trinajstić information content (AvgIpc) is 2.61. The molecule has 1 aromatic heterocycles. The fourth-order valence-corrected chi connectivity index (χ4v) is 1.42. The van der Waals surface area contributed by atoms with Gasteiger partial charge in [-0.3, -0.25) is 0 Å². The molecule has 2 N–H and O–H groups in total. The molecule has 2 atom stereocenters. The number of aliphatic hydroxyl groups excluding tert-OH is 1. The molecule has 80 valence electrons. The molecular formula is C11H19NO2. The number of aliphatic hydroxyl groups is 1. The minimum absolute atomic E-state index is 0.149. The standard InChI is InChI=1S/C11H19NO2/c1-4-10(7-13)12-9(3)11-6-5-8(2)14-11/h5-6,9-10,12-13H,4,7H2,1-3H3/t9?,10-/m0/s1. The lowest BCUT2D eigenvalue weighted by Gasteiger charge is -2.18. The van der Waals surface area contributed by atoms with Crippen LogP contribution in [-0.2, 0) is 0 Å². The van der Waals surface area contributed by atoms with Crippen molar-refractivity contribution in [3.05, 3.63) is 23.7 Å². The minimum Gasteiger partial charge on any atom is -0.465 e. The number of nitrogens with one attached hydrogen (secondary N) is 1. The van der Waals surface area contributed by atoms with Crippen LogP contribution in [0.1, 0.15) is 37.8 Å². The van der Waals surface area contributed by atoms with Crippen molar-refractivity contribution in [3.8, 4) is 0 Å². The van der Waals surface area contributed by atoms with Crippen molar-refractivity contribution in [1.29, 1.82) is 0 Å². The van der Waals surface area contributed by atoms with Crippen molar-refractivity contribution < 1.29 is 9.52 Å². The molecule has 0 bridgehead atoms. The quantitative estimate of drug-likeness (QED) is 0.759. The summed E-state index contributed by atoms with van der Waals surface area (Å²) in [7, 11) is 0. The van der Waals surface area contributed by atoms with Gasteiger partial charge in [0.15, 0.2) is 0 Å². The van der Waals surface area contributed by atoms with Crippen molar-refractivity contribution in [2.75, 3.05) is 6.61 Å². The summed E-state index contributed by atoms with van der Waals surface area (Å²) in [6.07, 6.45) is 0.917. The number of hydrogen-bond donors (Lipinski definition) is 2. The Bertz CT molecular complexity index is 266. The molecule has 0 aliphatic carbocycles. The molecule has 0 aliphatic rings. The maximum absolute atomic E-state index is 9.03. The first-order valence-electron chi connectivity index (χ1n) is 5.10. The Labute approximate surface area is 85.1 Å². The molecular weight excluding hydrogens is 178 g/mol. The van der Waals surface area contributed by atoms with Crippen LogP contribution in [0.4, 0.5) is 0 Å². The summed E-state index contributed by atoms with van der Waals surface area (Å²) in [5, 5.41) is 12.3.